The fraction of sp³-hybridized carbons (Fsp3) is 0.267. The van der Waals surface area contributed by atoms with Crippen LogP contribution in [0.1, 0.15) is 18.1 Å². The zero-order valence-electron chi connectivity index (χ0n) is 10.9. The second kappa shape index (κ2) is 7.12. The van der Waals surface area contributed by atoms with E-state index in [0.717, 1.165) is 18.7 Å². The molecule has 0 amide bonds. The van der Waals surface area contributed by atoms with Crippen LogP contribution in [-0.2, 0) is 13.2 Å². The number of ether oxygens (including phenoxy) is 1. The Morgan fingerprint density at radius 1 is 1.16 bits per heavy atom. The van der Waals surface area contributed by atoms with Crippen molar-refractivity contribution in [3.63, 3.8) is 0 Å². The van der Waals surface area contributed by atoms with E-state index in [4.69, 9.17) is 16.3 Å². The van der Waals surface area contributed by atoms with Gasteiger partial charge in [-0.3, -0.25) is 4.98 Å². The third kappa shape index (κ3) is 4.54. The van der Waals surface area contributed by atoms with Gasteiger partial charge in [0.05, 0.1) is 11.2 Å². The molecule has 3 nitrogen and oxygen atoms in total. The van der Waals surface area contributed by atoms with Gasteiger partial charge in [-0.1, -0.05) is 42.8 Å². The van der Waals surface area contributed by atoms with Crippen molar-refractivity contribution in [2.24, 2.45) is 0 Å². The highest BCUT2D eigenvalue weighted by atomic mass is 35.5. The van der Waals surface area contributed by atoms with Crippen LogP contribution < -0.4 is 10.1 Å². The van der Waals surface area contributed by atoms with E-state index in [0.29, 0.717) is 17.4 Å². The number of nitrogens with zero attached hydrogens (tertiary/aromatic N) is 1. The molecule has 100 valence electrons. The maximum atomic E-state index is 5.85. The van der Waals surface area contributed by atoms with Gasteiger partial charge in [0.2, 0.25) is 0 Å². The predicted octanol–water partition coefficient (Wildman–Crippen LogP) is 3.42. The summed E-state index contributed by atoms with van der Waals surface area (Å²) < 4.78 is 5.63. The average Bonchev–Trinajstić information content (AvgIpc) is 2.44. The smallest absolute Gasteiger partial charge is 0.139 e. The Labute approximate surface area is 118 Å². The van der Waals surface area contributed by atoms with Crippen LogP contribution >= 0.6 is 11.6 Å². The van der Waals surface area contributed by atoms with Crippen LogP contribution in [0.2, 0.25) is 5.02 Å². The highest BCUT2D eigenvalue weighted by Gasteiger charge is 1.98. The van der Waals surface area contributed by atoms with Crippen molar-refractivity contribution in [2.75, 3.05) is 6.54 Å². The number of rotatable bonds is 6. The molecule has 0 aliphatic rings. The number of benzene rings is 1. The summed E-state index contributed by atoms with van der Waals surface area (Å²) in [5.74, 6) is 0.684. The molecule has 0 fully saturated rings. The maximum absolute atomic E-state index is 5.85. The summed E-state index contributed by atoms with van der Waals surface area (Å²) in [7, 11) is 0. The van der Waals surface area contributed by atoms with Gasteiger partial charge >= 0.3 is 0 Å². The number of aromatic nitrogens is 1. The lowest BCUT2D eigenvalue weighted by molar-refractivity contribution is 0.305. The first kappa shape index (κ1) is 13.8. The monoisotopic (exact) mass is 276 g/mol. The number of pyridine rings is 1. The second-order valence-electron chi connectivity index (χ2n) is 4.22. The van der Waals surface area contributed by atoms with Gasteiger partial charge < -0.3 is 10.1 Å². The minimum absolute atomic E-state index is 0.517. The third-order valence-electron chi connectivity index (χ3n) is 2.69. The Bertz CT molecular complexity index is 514. The summed E-state index contributed by atoms with van der Waals surface area (Å²) in [5, 5.41) is 3.88. The molecule has 0 aliphatic carbocycles. The summed E-state index contributed by atoms with van der Waals surface area (Å²) in [6, 6.07) is 10.1. The Hall–Kier alpha value is -1.58. The van der Waals surface area contributed by atoms with E-state index in [1.165, 1.54) is 5.56 Å². The molecule has 0 saturated heterocycles. The van der Waals surface area contributed by atoms with Crippen LogP contribution in [0.3, 0.4) is 0 Å². The van der Waals surface area contributed by atoms with Gasteiger partial charge in [0.1, 0.15) is 12.4 Å². The minimum Gasteiger partial charge on any atom is -0.487 e. The molecule has 1 heterocycles. The van der Waals surface area contributed by atoms with Crippen molar-refractivity contribution < 1.29 is 4.74 Å². The summed E-state index contributed by atoms with van der Waals surface area (Å²) >= 11 is 5.85. The topological polar surface area (TPSA) is 34.1 Å². The van der Waals surface area contributed by atoms with Gasteiger partial charge in [0.15, 0.2) is 0 Å². The van der Waals surface area contributed by atoms with Crippen LogP contribution in [-0.4, -0.2) is 11.5 Å². The molecule has 4 heteroatoms. The SMILES string of the molecule is CCNCc1ccc(COc2cncc(Cl)c2)cc1. The van der Waals surface area contributed by atoms with E-state index in [-0.39, 0.29) is 0 Å². The molecule has 0 radical (unpaired) electrons. The van der Waals surface area contributed by atoms with Gasteiger partial charge in [0.25, 0.3) is 0 Å². The van der Waals surface area contributed by atoms with Gasteiger partial charge in [0, 0.05) is 18.8 Å². The van der Waals surface area contributed by atoms with Crippen molar-refractivity contribution in [3.05, 3.63) is 58.9 Å². The molecule has 1 aromatic heterocycles. The van der Waals surface area contributed by atoms with Crippen molar-refractivity contribution in [2.45, 2.75) is 20.1 Å². The van der Waals surface area contributed by atoms with Crippen LogP contribution in [0.25, 0.3) is 0 Å². The zero-order valence-corrected chi connectivity index (χ0v) is 11.7. The van der Waals surface area contributed by atoms with E-state index in [1.54, 1.807) is 18.5 Å². The minimum atomic E-state index is 0.517. The second-order valence-corrected chi connectivity index (χ2v) is 4.66. The fourth-order valence-electron chi connectivity index (χ4n) is 1.66. The molecule has 1 N–H and O–H groups in total. The first-order chi connectivity index (χ1) is 9.28. The Morgan fingerprint density at radius 3 is 2.58 bits per heavy atom. The molecular weight excluding hydrogens is 260 g/mol. The molecule has 2 aromatic rings. The summed E-state index contributed by atoms with van der Waals surface area (Å²) in [6.07, 6.45) is 3.25. The number of hydrogen-bond donors (Lipinski definition) is 1. The van der Waals surface area contributed by atoms with Crippen LogP contribution in [0.5, 0.6) is 5.75 Å². The highest BCUT2D eigenvalue weighted by molar-refractivity contribution is 6.30. The largest absolute Gasteiger partial charge is 0.487 e. The van der Waals surface area contributed by atoms with Crippen molar-refractivity contribution in [1.29, 1.82) is 0 Å². The van der Waals surface area contributed by atoms with E-state index >= 15 is 0 Å². The lowest BCUT2D eigenvalue weighted by Gasteiger charge is -2.07. The third-order valence-corrected chi connectivity index (χ3v) is 2.89. The van der Waals surface area contributed by atoms with Crippen molar-refractivity contribution in [1.82, 2.24) is 10.3 Å². The Morgan fingerprint density at radius 2 is 1.89 bits per heavy atom. The fourth-order valence-corrected chi connectivity index (χ4v) is 1.82. The molecule has 0 atom stereocenters. The van der Waals surface area contributed by atoms with E-state index in [9.17, 15) is 0 Å². The van der Waals surface area contributed by atoms with Crippen LogP contribution in [0, 0.1) is 0 Å². The van der Waals surface area contributed by atoms with Gasteiger partial charge in [-0.2, -0.15) is 0 Å². The standard InChI is InChI=1S/C15H17ClN2O/c1-2-17-8-12-3-5-13(6-4-12)11-19-15-7-14(16)9-18-10-15/h3-7,9-10,17H,2,8,11H2,1H3. The Kier molecular flexibility index (Phi) is 5.19. The molecule has 0 bridgehead atoms. The highest BCUT2D eigenvalue weighted by Crippen LogP contribution is 2.16. The number of nitrogens with one attached hydrogen (secondary N) is 1. The van der Waals surface area contributed by atoms with Gasteiger partial charge in [-0.15, -0.1) is 0 Å². The molecular formula is C15H17ClN2O. The average molecular weight is 277 g/mol. The van der Waals surface area contributed by atoms with Crippen LogP contribution in [0.4, 0.5) is 0 Å². The number of hydrogen-bond acceptors (Lipinski definition) is 3. The van der Waals surface area contributed by atoms with E-state index in [1.807, 2.05) is 0 Å². The summed E-state index contributed by atoms with van der Waals surface area (Å²) in [4.78, 5) is 3.98. The first-order valence-corrected chi connectivity index (χ1v) is 6.67. The zero-order chi connectivity index (χ0) is 13.5. The maximum Gasteiger partial charge on any atom is 0.139 e. The van der Waals surface area contributed by atoms with Crippen LogP contribution in [0.15, 0.2) is 42.7 Å². The molecule has 2 rings (SSSR count). The lowest BCUT2D eigenvalue weighted by Crippen LogP contribution is -2.11. The van der Waals surface area contributed by atoms with Gasteiger partial charge in [-0.25, -0.2) is 0 Å². The number of halogens is 1. The molecule has 19 heavy (non-hydrogen) atoms. The molecule has 0 aliphatic heterocycles. The van der Waals surface area contributed by atoms with Crippen molar-refractivity contribution >= 4 is 11.6 Å². The summed E-state index contributed by atoms with van der Waals surface area (Å²) in [5.41, 5.74) is 2.40. The van der Waals surface area contributed by atoms with E-state index < -0.39 is 0 Å². The normalized spacial score (nSPS) is 10.4. The predicted molar refractivity (Wildman–Crippen MR) is 77.4 cm³/mol. The summed E-state index contributed by atoms with van der Waals surface area (Å²) in [6.45, 7) is 4.49. The molecule has 1 aromatic carbocycles. The molecule has 0 unspecified atom stereocenters. The first-order valence-electron chi connectivity index (χ1n) is 6.30. The molecule has 0 saturated carbocycles. The lowest BCUT2D eigenvalue weighted by atomic mass is 10.1. The molecule has 0 spiro atoms. The van der Waals surface area contributed by atoms with E-state index in [2.05, 4.69) is 41.5 Å². The Balaban J connectivity index is 1.89. The van der Waals surface area contributed by atoms with Gasteiger partial charge in [-0.05, 0) is 17.7 Å². The quantitative estimate of drug-likeness (QED) is 0.878. The van der Waals surface area contributed by atoms with Crippen molar-refractivity contribution in [3.8, 4) is 5.75 Å².